The molecule has 1 aromatic carbocycles. The van der Waals surface area contributed by atoms with Gasteiger partial charge in [-0.15, -0.1) is 0 Å². The molecule has 1 rings (SSSR count). The van der Waals surface area contributed by atoms with Crippen LogP contribution in [0.3, 0.4) is 0 Å². The second kappa shape index (κ2) is 5.84. The van der Waals surface area contributed by atoms with Gasteiger partial charge in [-0.2, -0.15) is 0 Å². The van der Waals surface area contributed by atoms with Crippen molar-refractivity contribution < 1.29 is 9.84 Å². The molecule has 5 N–H and O–H groups in total. The highest BCUT2D eigenvalue weighted by atomic mass is 16.5. The van der Waals surface area contributed by atoms with E-state index < -0.39 is 6.04 Å². The highest BCUT2D eigenvalue weighted by Crippen LogP contribution is 2.22. The predicted molar refractivity (Wildman–Crippen MR) is 64.3 cm³/mol. The van der Waals surface area contributed by atoms with Crippen molar-refractivity contribution in [1.82, 2.24) is 0 Å². The summed E-state index contributed by atoms with van der Waals surface area (Å²) in [4.78, 5) is 0. The quantitative estimate of drug-likeness (QED) is 0.688. The maximum absolute atomic E-state index is 8.94. The molecule has 0 aliphatic rings. The third-order valence-corrected chi connectivity index (χ3v) is 2.56. The van der Waals surface area contributed by atoms with Crippen molar-refractivity contribution in [2.75, 3.05) is 13.2 Å². The Kier molecular flexibility index (Phi) is 4.73. The Balaban J connectivity index is 2.87. The first kappa shape index (κ1) is 13.0. The van der Waals surface area contributed by atoms with Crippen molar-refractivity contribution in [3.8, 4) is 5.75 Å². The maximum Gasteiger partial charge on any atom is 0.122 e. The van der Waals surface area contributed by atoms with Crippen LogP contribution >= 0.6 is 0 Å². The molecule has 16 heavy (non-hydrogen) atoms. The van der Waals surface area contributed by atoms with Gasteiger partial charge in [-0.1, -0.05) is 12.1 Å². The summed E-state index contributed by atoms with van der Waals surface area (Å²) in [6.07, 6.45) is 0. The van der Waals surface area contributed by atoms with E-state index in [1.807, 2.05) is 32.0 Å². The van der Waals surface area contributed by atoms with Crippen LogP contribution in [0.2, 0.25) is 0 Å². The molecule has 4 heteroatoms. The molecule has 0 bridgehead atoms. The molecular weight excluding hydrogens is 204 g/mol. The molecule has 0 aromatic heterocycles. The van der Waals surface area contributed by atoms with Gasteiger partial charge in [0.25, 0.3) is 0 Å². The van der Waals surface area contributed by atoms with E-state index in [1.165, 1.54) is 0 Å². The first-order chi connectivity index (χ1) is 7.60. The Morgan fingerprint density at radius 2 is 2.06 bits per heavy atom. The van der Waals surface area contributed by atoms with Crippen LogP contribution in [0.1, 0.15) is 24.1 Å². The molecule has 4 nitrogen and oxygen atoms in total. The molecule has 0 aliphatic heterocycles. The van der Waals surface area contributed by atoms with Crippen molar-refractivity contribution in [3.05, 3.63) is 29.3 Å². The van der Waals surface area contributed by atoms with Gasteiger partial charge in [-0.05, 0) is 31.0 Å². The lowest BCUT2D eigenvalue weighted by atomic mass is 9.99. The molecule has 90 valence electrons. The molecule has 0 heterocycles. The number of aliphatic hydroxyl groups excluding tert-OH is 1. The van der Waals surface area contributed by atoms with Crippen molar-refractivity contribution in [1.29, 1.82) is 0 Å². The molecule has 0 fully saturated rings. The highest BCUT2D eigenvalue weighted by molar-refractivity contribution is 5.37. The number of rotatable bonds is 5. The summed E-state index contributed by atoms with van der Waals surface area (Å²) < 4.78 is 5.44. The van der Waals surface area contributed by atoms with Crippen LogP contribution in [0.15, 0.2) is 18.2 Å². The fraction of sp³-hybridized carbons (Fsp3) is 0.500. The van der Waals surface area contributed by atoms with E-state index in [-0.39, 0.29) is 12.6 Å². The zero-order valence-electron chi connectivity index (χ0n) is 9.81. The number of ether oxygens (including phenoxy) is 1. The molecule has 0 amide bonds. The average Bonchev–Trinajstić information content (AvgIpc) is 2.30. The molecule has 0 spiro atoms. The molecule has 0 aliphatic carbocycles. The molecule has 0 radical (unpaired) electrons. The van der Waals surface area contributed by atoms with Gasteiger partial charge < -0.3 is 21.3 Å². The van der Waals surface area contributed by atoms with Crippen LogP contribution in [-0.2, 0) is 0 Å². The van der Waals surface area contributed by atoms with E-state index in [9.17, 15) is 0 Å². The Hall–Kier alpha value is -1.10. The first-order valence-corrected chi connectivity index (χ1v) is 5.45. The largest absolute Gasteiger partial charge is 0.494 e. The first-order valence-electron chi connectivity index (χ1n) is 5.45. The maximum atomic E-state index is 8.94. The van der Waals surface area contributed by atoms with Crippen LogP contribution < -0.4 is 16.2 Å². The summed E-state index contributed by atoms with van der Waals surface area (Å²) in [5, 5.41) is 8.94. The van der Waals surface area contributed by atoms with E-state index in [0.29, 0.717) is 6.61 Å². The van der Waals surface area contributed by atoms with Gasteiger partial charge in [0.1, 0.15) is 5.75 Å². The Bertz CT molecular complexity index is 342. The predicted octanol–water partition coefficient (Wildman–Crippen LogP) is 0.713. The second-order valence-electron chi connectivity index (χ2n) is 3.83. The third-order valence-electron chi connectivity index (χ3n) is 2.56. The van der Waals surface area contributed by atoms with E-state index in [2.05, 4.69) is 0 Å². The monoisotopic (exact) mass is 224 g/mol. The fourth-order valence-corrected chi connectivity index (χ4v) is 1.56. The topological polar surface area (TPSA) is 81.5 Å². The zero-order chi connectivity index (χ0) is 12.1. The van der Waals surface area contributed by atoms with Crippen molar-refractivity contribution >= 4 is 0 Å². The molecule has 0 saturated heterocycles. The summed E-state index contributed by atoms with van der Waals surface area (Å²) in [5.74, 6) is 0.857. The Morgan fingerprint density at radius 3 is 2.56 bits per heavy atom. The Labute approximate surface area is 96.2 Å². The van der Waals surface area contributed by atoms with Crippen LogP contribution in [0.4, 0.5) is 0 Å². The summed E-state index contributed by atoms with van der Waals surface area (Å²) in [6.45, 7) is 4.43. The van der Waals surface area contributed by atoms with Gasteiger partial charge >= 0.3 is 0 Å². The van der Waals surface area contributed by atoms with E-state index in [4.69, 9.17) is 21.3 Å². The lowest BCUT2D eigenvalue weighted by molar-refractivity contribution is 0.249. The van der Waals surface area contributed by atoms with Crippen LogP contribution in [-0.4, -0.2) is 24.4 Å². The lowest BCUT2D eigenvalue weighted by Gasteiger charge is -2.19. The standard InChI is InChI=1S/C12H20N2O2/c1-3-16-11-5-4-9(6-8(11)2)12(14)10(13)7-15/h4-6,10,12,15H,3,7,13-14H2,1-2H3. The van der Waals surface area contributed by atoms with Crippen LogP contribution in [0.25, 0.3) is 0 Å². The molecular formula is C12H20N2O2. The molecule has 0 saturated carbocycles. The van der Waals surface area contributed by atoms with E-state index in [1.54, 1.807) is 0 Å². The van der Waals surface area contributed by atoms with Gasteiger partial charge in [-0.3, -0.25) is 0 Å². The van der Waals surface area contributed by atoms with Crippen LogP contribution in [0.5, 0.6) is 5.75 Å². The fourth-order valence-electron chi connectivity index (χ4n) is 1.56. The normalized spacial score (nSPS) is 14.6. The second-order valence-corrected chi connectivity index (χ2v) is 3.83. The number of hydrogen-bond donors (Lipinski definition) is 3. The summed E-state index contributed by atoms with van der Waals surface area (Å²) in [6, 6.07) is 4.94. The van der Waals surface area contributed by atoms with Gasteiger partial charge in [-0.25, -0.2) is 0 Å². The average molecular weight is 224 g/mol. The molecule has 2 atom stereocenters. The van der Waals surface area contributed by atoms with Crippen LogP contribution in [0, 0.1) is 6.92 Å². The van der Waals surface area contributed by atoms with Gasteiger partial charge in [0.15, 0.2) is 0 Å². The minimum absolute atomic E-state index is 0.118. The smallest absolute Gasteiger partial charge is 0.122 e. The minimum Gasteiger partial charge on any atom is -0.494 e. The highest BCUT2D eigenvalue weighted by Gasteiger charge is 2.15. The number of benzene rings is 1. The molecule has 1 aromatic rings. The van der Waals surface area contributed by atoms with Crippen molar-refractivity contribution in [2.24, 2.45) is 11.5 Å². The minimum atomic E-state index is -0.433. The van der Waals surface area contributed by atoms with Crippen molar-refractivity contribution in [3.63, 3.8) is 0 Å². The summed E-state index contributed by atoms with van der Waals surface area (Å²) in [5.41, 5.74) is 13.6. The summed E-state index contributed by atoms with van der Waals surface area (Å²) in [7, 11) is 0. The SMILES string of the molecule is CCOc1ccc(C(N)C(N)CO)cc1C. The number of hydrogen-bond acceptors (Lipinski definition) is 4. The zero-order valence-corrected chi connectivity index (χ0v) is 9.81. The number of aliphatic hydroxyl groups is 1. The number of nitrogens with two attached hydrogens (primary N) is 2. The van der Waals surface area contributed by atoms with Crippen molar-refractivity contribution in [2.45, 2.75) is 25.9 Å². The van der Waals surface area contributed by atoms with Gasteiger partial charge in [0, 0.05) is 12.1 Å². The number of aryl methyl sites for hydroxylation is 1. The lowest BCUT2D eigenvalue weighted by Crippen LogP contribution is -2.37. The molecule has 2 unspecified atom stereocenters. The third kappa shape index (κ3) is 2.95. The van der Waals surface area contributed by atoms with Gasteiger partial charge in [0.2, 0.25) is 0 Å². The van der Waals surface area contributed by atoms with E-state index in [0.717, 1.165) is 16.9 Å². The summed E-state index contributed by atoms with van der Waals surface area (Å²) >= 11 is 0. The van der Waals surface area contributed by atoms with Gasteiger partial charge in [0.05, 0.1) is 13.2 Å². The van der Waals surface area contributed by atoms with E-state index >= 15 is 0 Å². The Morgan fingerprint density at radius 1 is 1.38 bits per heavy atom.